The summed E-state index contributed by atoms with van der Waals surface area (Å²) >= 11 is 0. The molecular formula is C18H26N6O2. The Labute approximate surface area is 152 Å². The van der Waals surface area contributed by atoms with Gasteiger partial charge in [-0.05, 0) is 49.8 Å². The minimum absolute atomic E-state index is 0.0205. The number of likely N-dealkylation sites (tertiary alicyclic amines) is 1. The number of aromatic amines is 1. The lowest BCUT2D eigenvalue weighted by Gasteiger charge is -2.36. The Balaban J connectivity index is 1.48. The summed E-state index contributed by atoms with van der Waals surface area (Å²) in [7, 11) is 0. The number of anilines is 1. The summed E-state index contributed by atoms with van der Waals surface area (Å²) in [5.74, 6) is 1.17. The van der Waals surface area contributed by atoms with Gasteiger partial charge in [0.2, 0.25) is 5.95 Å². The molecule has 2 aromatic rings. The first-order valence-corrected chi connectivity index (χ1v) is 9.11. The SMILES string of the molecule is Nc1n[nH]c(CCNC(=O)N2CCCC[C@@H]2CCc2ccc(O)cc2)n1. The highest BCUT2D eigenvalue weighted by Gasteiger charge is 2.26. The predicted molar refractivity (Wildman–Crippen MR) is 98.7 cm³/mol. The van der Waals surface area contributed by atoms with Crippen LogP contribution in [-0.4, -0.2) is 50.4 Å². The van der Waals surface area contributed by atoms with Crippen molar-refractivity contribution in [1.29, 1.82) is 0 Å². The number of nitrogens with two attached hydrogens (primary N) is 1. The number of H-pyrrole nitrogens is 1. The first kappa shape index (κ1) is 18.0. The number of nitrogens with zero attached hydrogens (tertiary/aromatic N) is 3. The number of urea groups is 1. The number of rotatable bonds is 6. The monoisotopic (exact) mass is 358 g/mol. The molecule has 1 aromatic carbocycles. The van der Waals surface area contributed by atoms with Gasteiger partial charge in [-0.3, -0.25) is 5.10 Å². The van der Waals surface area contributed by atoms with Crippen molar-refractivity contribution in [3.63, 3.8) is 0 Å². The summed E-state index contributed by atoms with van der Waals surface area (Å²) in [5.41, 5.74) is 6.65. The summed E-state index contributed by atoms with van der Waals surface area (Å²) in [6, 6.07) is 7.51. The molecule has 8 nitrogen and oxygen atoms in total. The van der Waals surface area contributed by atoms with Crippen molar-refractivity contribution in [3.8, 4) is 5.75 Å². The largest absolute Gasteiger partial charge is 0.508 e. The molecule has 140 valence electrons. The summed E-state index contributed by atoms with van der Waals surface area (Å²) < 4.78 is 0. The molecule has 0 bridgehead atoms. The fraction of sp³-hybridized carbons (Fsp3) is 0.500. The number of nitrogen functional groups attached to an aromatic ring is 1. The van der Waals surface area contributed by atoms with Gasteiger partial charge in [0.1, 0.15) is 11.6 Å². The van der Waals surface area contributed by atoms with Gasteiger partial charge in [-0.1, -0.05) is 12.1 Å². The van der Waals surface area contributed by atoms with E-state index in [2.05, 4.69) is 20.5 Å². The number of nitrogens with one attached hydrogen (secondary N) is 2. The van der Waals surface area contributed by atoms with Gasteiger partial charge in [-0.2, -0.15) is 4.98 Å². The second-order valence-electron chi connectivity index (χ2n) is 6.67. The van der Waals surface area contributed by atoms with E-state index < -0.39 is 0 Å². The van der Waals surface area contributed by atoms with E-state index in [1.54, 1.807) is 12.1 Å². The van der Waals surface area contributed by atoms with Crippen LogP contribution < -0.4 is 11.1 Å². The summed E-state index contributed by atoms with van der Waals surface area (Å²) in [6.07, 6.45) is 5.62. The van der Waals surface area contributed by atoms with Crippen LogP contribution in [0.1, 0.15) is 37.1 Å². The Hall–Kier alpha value is -2.77. The number of carbonyl (C=O) groups is 1. The van der Waals surface area contributed by atoms with Crippen LogP contribution in [0.25, 0.3) is 0 Å². The van der Waals surface area contributed by atoms with Gasteiger partial charge in [0, 0.05) is 25.6 Å². The van der Waals surface area contributed by atoms with Gasteiger partial charge in [0.25, 0.3) is 0 Å². The highest BCUT2D eigenvalue weighted by atomic mass is 16.3. The average Bonchev–Trinajstić information content (AvgIpc) is 3.06. The van der Waals surface area contributed by atoms with Crippen LogP contribution in [0.15, 0.2) is 24.3 Å². The molecule has 5 N–H and O–H groups in total. The Morgan fingerprint density at radius 3 is 2.85 bits per heavy atom. The third-order valence-corrected chi connectivity index (χ3v) is 4.78. The lowest BCUT2D eigenvalue weighted by molar-refractivity contribution is 0.146. The van der Waals surface area contributed by atoms with E-state index in [1.807, 2.05) is 17.0 Å². The molecule has 2 amide bonds. The average molecular weight is 358 g/mol. The zero-order valence-corrected chi connectivity index (χ0v) is 14.8. The number of hydrogen-bond donors (Lipinski definition) is 4. The molecule has 0 unspecified atom stereocenters. The van der Waals surface area contributed by atoms with Crippen LogP contribution in [0.3, 0.4) is 0 Å². The van der Waals surface area contributed by atoms with E-state index in [0.717, 1.165) is 38.6 Å². The molecule has 1 aliphatic heterocycles. The fourth-order valence-corrected chi connectivity index (χ4v) is 3.38. The van der Waals surface area contributed by atoms with Gasteiger partial charge < -0.3 is 21.1 Å². The second kappa shape index (κ2) is 8.55. The molecule has 1 saturated heterocycles. The zero-order valence-electron chi connectivity index (χ0n) is 14.8. The molecule has 0 aliphatic carbocycles. The number of piperidine rings is 1. The third-order valence-electron chi connectivity index (χ3n) is 4.78. The number of carbonyl (C=O) groups excluding carboxylic acids is 1. The zero-order chi connectivity index (χ0) is 18.4. The minimum Gasteiger partial charge on any atom is -0.508 e. The number of phenolic OH excluding ortho intramolecular Hbond substituents is 1. The van der Waals surface area contributed by atoms with Crippen LogP contribution >= 0.6 is 0 Å². The lowest BCUT2D eigenvalue weighted by atomic mass is 9.96. The molecule has 3 rings (SSSR count). The van der Waals surface area contributed by atoms with Crippen molar-refractivity contribution in [2.75, 3.05) is 18.8 Å². The number of phenols is 1. The van der Waals surface area contributed by atoms with Crippen LogP contribution in [0.4, 0.5) is 10.7 Å². The van der Waals surface area contributed by atoms with E-state index in [4.69, 9.17) is 5.73 Å². The molecule has 1 aliphatic rings. The van der Waals surface area contributed by atoms with E-state index >= 15 is 0 Å². The summed E-state index contributed by atoms with van der Waals surface area (Å²) in [5, 5.41) is 18.9. The summed E-state index contributed by atoms with van der Waals surface area (Å²) in [6.45, 7) is 1.29. The van der Waals surface area contributed by atoms with Crippen molar-refractivity contribution in [2.24, 2.45) is 0 Å². The van der Waals surface area contributed by atoms with Crippen LogP contribution in [0, 0.1) is 0 Å². The lowest BCUT2D eigenvalue weighted by Crippen LogP contribution is -2.49. The number of benzene rings is 1. The van der Waals surface area contributed by atoms with Crippen LogP contribution in [0.5, 0.6) is 5.75 Å². The number of hydrogen-bond acceptors (Lipinski definition) is 5. The number of aromatic nitrogens is 3. The Bertz CT molecular complexity index is 715. The van der Waals surface area contributed by atoms with Gasteiger partial charge in [0.15, 0.2) is 0 Å². The molecule has 1 fully saturated rings. The van der Waals surface area contributed by atoms with E-state index in [-0.39, 0.29) is 23.8 Å². The highest BCUT2D eigenvalue weighted by molar-refractivity contribution is 5.74. The highest BCUT2D eigenvalue weighted by Crippen LogP contribution is 2.22. The maximum atomic E-state index is 12.6. The van der Waals surface area contributed by atoms with Crippen molar-refractivity contribution in [1.82, 2.24) is 25.4 Å². The van der Waals surface area contributed by atoms with Crippen molar-refractivity contribution in [2.45, 2.75) is 44.6 Å². The van der Waals surface area contributed by atoms with Crippen molar-refractivity contribution in [3.05, 3.63) is 35.7 Å². The smallest absolute Gasteiger partial charge is 0.317 e. The van der Waals surface area contributed by atoms with Crippen LogP contribution in [-0.2, 0) is 12.8 Å². The van der Waals surface area contributed by atoms with E-state index in [0.29, 0.717) is 18.8 Å². The standard InChI is InChI=1S/C18H26N6O2/c19-17-21-16(22-23-17)10-11-20-18(26)24-12-2-1-3-14(24)7-4-13-5-8-15(25)9-6-13/h5-6,8-9,14,25H,1-4,7,10-12H2,(H,20,26)(H3,19,21,22,23)/t14-/m1/s1. The summed E-state index contributed by atoms with van der Waals surface area (Å²) in [4.78, 5) is 18.6. The maximum Gasteiger partial charge on any atom is 0.317 e. The van der Waals surface area contributed by atoms with Gasteiger partial charge in [-0.15, -0.1) is 5.10 Å². The van der Waals surface area contributed by atoms with Gasteiger partial charge in [0.05, 0.1) is 0 Å². The maximum absolute atomic E-state index is 12.6. The Morgan fingerprint density at radius 2 is 2.12 bits per heavy atom. The molecule has 1 aromatic heterocycles. The normalized spacial score (nSPS) is 17.2. The molecule has 1 atom stereocenters. The molecule has 8 heteroatoms. The van der Waals surface area contributed by atoms with E-state index in [1.165, 1.54) is 5.56 Å². The first-order chi connectivity index (χ1) is 12.6. The third kappa shape index (κ3) is 4.87. The molecular weight excluding hydrogens is 332 g/mol. The molecule has 26 heavy (non-hydrogen) atoms. The molecule has 2 heterocycles. The van der Waals surface area contributed by atoms with E-state index in [9.17, 15) is 9.90 Å². The van der Waals surface area contributed by atoms with Crippen molar-refractivity contribution < 1.29 is 9.90 Å². The quantitative estimate of drug-likeness (QED) is 0.628. The predicted octanol–water partition coefficient (Wildman–Crippen LogP) is 1.83. The Morgan fingerprint density at radius 1 is 1.31 bits per heavy atom. The molecule has 0 spiro atoms. The van der Waals surface area contributed by atoms with Gasteiger partial charge >= 0.3 is 6.03 Å². The molecule has 0 radical (unpaired) electrons. The molecule has 0 saturated carbocycles. The number of aryl methyl sites for hydroxylation is 1. The number of aromatic hydroxyl groups is 1. The first-order valence-electron chi connectivity index (χ1n) is 9.11. The fourth-order valence-electron chi connectivity index (χ4n) is 3.38. The topological polar surface area (TPSA) is 120 Å². The second-order valence-corrected chi connectivity index (χ2v) is 6.67. The van der Waals surface area contributed by atoms with Crippen molar-refractivity contribution >= 4 is 12.0 Å². The van der Waals surface area contributed by atoms with Crippen LogP contribution in [0.2, 0.25) is 0 Å². The minimum atomic E-state index is -0.0205. The van der Waals surface area contributed by atoms with Gasteiger partial charge in [-0.25, -0.2) is 4.79 Å². The Kier molecular flexibility index (Phi) is 5.93. The number of amides is 2.